The molecule has 1 heterocycles. The van der Waals surface area contributed by atoms with Gasteiger partial charge in [0, 0.05) is 28.1 Å². The fourth-order valence-electron chi connectivity index (χ4n) is 2.14. The van der Waals surface area contributed by atoms with Gasteiger partial charge in [-0.15, -0.1) is 0 Å². The van der Waals surface area contributed by atoms with Gasteiger partial charge in [-0.2, -0.15) is 0 Å². The molecule has 0 saturated heterocycles. The second-order valence-electron chi connectivity index (χ2n) is 4.31. The van der Waals surface area contributed by atoms with E-state index in [1.54, 1.807) is 0 Å². The second kappa shape index (κ2) is 2.96. The Balaban J connectivity index is 2.23. The van der Waals surface area contributed by atoms with E-state index in [0.29, 0.717) is 11.7 Å². The number of aryl methyl sites for hydroxylation is 1. The second-order valence-corrected chi connectivity index (χ2v) is 4.31. The van der Waals surface area contributed by atoms with Crippen LogP contribution in [0.5, 0.6) is 0 Å². The number of para-hydroxylation sites is 1. The van der Waals surface area contributed by atoms with Crippen molar-refractivity contribution in [3.8, 4) is 0 Å². The first-order chi connectivity index (χ1) is 7.27. The molecule has 1 aliphatic carbocycles. The molecule has 1 aliphatic rings. The van der Waals surface area contributed by atoms with E-state index in [2.05, 4.69) is 4.98 Å². The molecule has 1 aromatic heterocycles. The number of aromatic nitrogens is 1. The van der Waals surface area contributed by atoms with Gasteiger partial charge in [0.15, 0.2) is 5.78 Å². The number of carbonyl (C=O) groups excluding carboxylic acids is 1. The molecular formula is C13H13NO. The number of Topliss-reactive ketones (excluding diaryl/α,β-unsaturated/α-hetero) is 1. The number of hydrogen-bond acceptors (Lipinski definition) is 1. The molecular weight excluding hydrogens is 186 g/mol. The van der Waals surface area contributed by atoms with Gasteiger partial charge < -0.3 is 4.98 Å². The molecule has 1 saturated carbocycles. The van der Waals surface area contributed by atoms with Crippen LogP contribution in [0, 0.1) is 12.8 Å². The summed E-state index contributed by atoms with van der Waals surface area (Å²) in [6, 6.07) is 8.02. The normalized spacial score (nSPS) is 15.8. The summed E-state index contributed by atoms with van der Waals surface area (Å²) >= 11 is 0. The summed E-state index contributed by atoms with van der Waals surface area (Å²) in [5.74, 6) is 0.618. The molecule has 3 rings (SSSR count). The molecule has 1 fully saturated rings. The molecule has 0 amide bonds. The van der Waals surface area contributed by atoms with Crippen LogP contribution in [0.3, 0.4) is 0 Å². The third-order valence-corrected chi connectivity index (χ3v) is 3.09. The van der Waals surface area contributed by atoms with Gasteiger partial charge in [0.2, 0.25) is 0 Å². The summed E-state index contributed by atoms with van der Waals surface area (Å²) < 4.78 is 0. The summed E-state index contributed by atoms with van der Waals surface area (Å²) in [4.78, 5) is 15.4. The summed E-state index contributed by atoms with van der Waals surface area (Å²) in [6.45, 7) is 1.98. The number of aromatic amines is 1. The lowest BCUT2D eigenvalue weighted by atomic mass is 10.0. The predicted molar refractivity (Wildman–Crippen MR) is 60.1 cm³/mol. The summed E-state index contributed by atoms with van der Waals surface area (Å²) in [5.41, 5.74) is 2.99. The zero-order valence-corrected chi connectivity index (χ0v) is 8.71. The molecule has 76 valence electrons. The minimum absolute atomic E-state index is 0.294. The highest BCUT2D eigenvalue weighted by Gasteiger charge is 2.32. The third-order valence-electron chi connectivity index (χ3n) is 3.09. The van der Waals surface area contributed by atoms with E-state index in [0.717, 1.165) is 35.0 Å². The highest BCUT2D eigenvalue weighted by atomic mass is 16.1. The van der Waals surface area contributed by atoms with Crippen LogP contribution in [-0.2, 0) is 0 Å². The van der Waals surface area contributed by atoms with Crippen LogP contribution in [0.15, 0.2) is 24.3 Å². The number of nitrogens with one attached hydrogen (secondary N) is 1. The van der Waals surface area contributed by atoms with Crippen molar-refractivity contribution < 1.29 is 4.79 Å². The van der Waals surface area contributed by atoms with Crippen molar-refractivity contribution in [1.82, 2.24) is 4.98 Å². The number of fused-ring (bicyclic) bond motifs is 1. The van der Waals surface area contributed by atoms with Crippen LogP contribution in [0.1, 0.15) is 28.9 Å². The number of hydrogen-bond donors (Lipinski definition) is 1. The van der Waals surface area contributed by atoms with Crippen molar-refractivity contribution >= 4 is 16.7 Å². The lowest BCUT2D eigenvalue weighted by molar-refractivity contribution is 0.0968. The largest absolute Gasteiger partial charge is 0.358 e. The van der Waals surface area contributed by atoms with E-state index in [9.17, 15) is 4.79 Å². The first kappa shape index (κ1) is 8.72. The maximum Gasteiger partial charge on any atom is 0.168 e. The number of H-pyrrole nitrogens is 1. The van der Waals surface area contributed by atoms with Crippen molar-refractivity contribution in [3.63, 3.8) is 0 Å². The van der Waals surface area contributed by atoms with Crippen LogP contribution >= 0.6 is 0 Å². The lowest BCUT2D eigenvalue weighted by Gasteiger charge is -1.97. The topological polar surface area (TPSA) is 32.9 Å². The first-order valence-corrected chi connectivity index (χ1v) is 5.39. The predicted octanol–water partition coefficient (Wildman–Crippen LogP) is 3.07. The number of rotatable bonds is 2. The minimum atomic E-state index is 0.294. The number of benzene rings is 1. The van der Waals surface area contributed by atoms with Crippen LogP contribution < -0.4 is 0 Å². The maximum atomic E-state index is 12.1. The molecule has 0 aliphatic heterocycles. The first-order valence-electron chi connectivity index (χ1n) is 5.39. The Morgan fingerprint density at radius 3 is 2.80 bits per heavy atom. The van der Waals surface area contributed by atoms with Crippen LogP contribution in [-0.4, -0.2) is 10.8 Å². The monoisotopic (exact) mass is 199 g/mol. The van der Waals surface area contributed by atoms with Gasteiger partial charge in [-0.25, -0.2) is 0 Å². The van der Waals surface area contributed by atoms with Gasteiger partial charge in [0.05, 0.1) is 0 Å². The maximum absolute atomic E-state index is 12.1. The van der Waals surface area contributed by atoms with Gasteiger partial charge in [-0.05, 0) is 25.8 Å². The van der Waals surface area contributed by atoms with Crippen molar-refractivity contribution in [2.75, 3.05) is 0 Å². The molecule has 0 radical (unpaired) electrons. The zero-order chi connectivity index (χ0) is 10.4. The zero-order valence-electron chi connectivity index (χ0n) is 8.71. The average molecular weight is 199 g/mol. The van der Waals surface area contributed by atoms with Crippen molar-refractivity contribution in [2.45, 2.75) is 19.8 Å². The van der Waals surface area contributed by atoms with Gasteiger partial charge in [0.25, 0.3) is 0 Å². The molecule has 1 N–H and O–H groups in total. The number of ketones is 1. The SMILES string of the molecule is Cc1[nH]c2ccccc2c1C(=O)C1CC1. The van der Waals surface area contributed by atoms with Crippen LogP contribution in [0.25, 0.3) is 10.9 Å². The van der Waals surface area contributed by atoms with Crippen LogP contribution in [0.4, 0.5) is 0 Å². The van der Waals surface area contributed by atoms with E-state index >= 15 is 0 Å². The van der Waals surface area contributed by atoms with Crippen LogP contribution in [0.2, 0.25) is 0 Å². The highest BCUT2D eigenvalue weighted by Crippen LogP contribution is 2.35. The Bertz CT molecular complexity index is 534. The molecule has 2 nitrogen and oxygen atoms in total. The Morgan fingerprint density at radius 1 is 1.33 bits per heavy atom. The van der Waals surface area contributed by atoms with Gasteiger partial charge in [-0.1, -0.05) is 18.2 Å². The molecule has 0 atom stereocenters. The highest BCUT2D eigenvalue weighted by molar-refractivity contribution is 6.10. The minimum Gasteiger partial charge on any atom is -0.358 e. The number of carbonyl (C=O) groups is 1. The Kier molecular flexibility index (Phi) is 1.72. The quantitative estimate of drug-likeness (QED) is 0.741. The van der Waals surface area contributed by atoms with Crippen molar-refractivity contribution in [3.05, 3.63) is 35.5 Å². The van der Waals surface area contributed by atoms with E-state index in [1.165, 1.54) is 0 Å². The van der Waals surface area contributed by atoms with E-state index < -0.39 is 0 Å². The molecule has 0 unspecified atom stereocenters. The summed E-state index contributed by atoms with van der Waals surface area (Å²) in [7, 11) is 0. The molecule has 2 heteroatoms. The van der Waals surface area contributed by atoms with Gasteiger partial charge in [0.1, 0.15) is 0 Å². The molecule has 2 aromatic rings. The van der Waals surface area contributed by atoms with E-state index in [-0.39, 0.29) is 0 Å². The fraction of sp³-hybridized carbons (Fsp3) is 0.308. The Labute approximate surface area is 88.3 Å². The van der Waals surface area contributed by atoms with E-state index in [1.807, 2.05) is 31.2 Å². The van der Waals surface area contributed by atoms with Crippen molar-refractivity contribution in [1.29, 1.82) is 0 Å². The fourth-order valence-corrected chi connectivity index (χ4v) is 2.14. The molecule has 0 bridgehead atoms. The summed E-state index contributed by atoms with van der Waals surface area (Å²) in [5, 5.41) is 1.08. The average Bonchev–Trinajstić information content (AvgIpc) is 3.00. The van der Waals surface area contributed by atoms with Gasteiger partial charge >= 0.3 is 0 Å². The van der Waals surface area contributed by atoms with Crippen molar-refractivity contribution in [2.24, 2.45) is 5.92 Å². The van der Waals surface area contributed by atoms with Gasteiger partial charge in [-0.3, -0.25) is 4.79 Å². The standard InChI is InChI=1S/C13H13NO/c1-8-12(13(15)9-6-7-9)10-4-2-3-5-11(10)14-8/h2-5,9,14H,6-7H2,1H3. The Hall–Kier alpha value is -1.57. The lowest BCUT2D eigenvalue weighted by Crippen LogP contribution is -2.02. The molecule has 15 heavy (non-hydrogen) atoms. The Morgan fingerprint density at radius 2 is 2.07 bits per heavy atom. The molecule has 1 aromatic carbocycles. The smallest absolute Gasteiger partial charge is 0.168 e. The molecule has 0 spiro atoms. The summed E-state index contributed by atoms with van der Waals surface area (Å²) in [6.07, 6.45) is 2.13. The third kappa shape index (κ3) is 1.29. The van der Waals surface area contributed by atoms with E-state index in [4.69, 9.17) is 0 Å².